The van der Waals surface area contributed by atoms with Crippen molar-refractivity contribution >= 4 is 11.6 Å². The summed E-state index contributed by atoms with van der Waals surface area (Å²) in [5.74, 6) is 1.76. The minimum absolute atomic E-state index is 0.101. The SMILES string of the molecule is COc1cc(CC(Cl)C(C)C)nc(C)n1. The molecule has 0 saturated carbocycles. The summed E-state index contributed by atoms with van der Waals surface area (Å²) in [4.78, 5) is 8.46. The molecule has 3 nitrogen and oxygen atoms in total. The Balaban J connectivity index is 2.80. The molecule has 1 rings (SSSR count). The Hall–Kier alpha value is -0.830. The standard InChI is InChI=1S/C11H17ClN2O/c1-7(2)10(12)5-9-6-11(15-4)14-8(3)13-9/h6-7,10H,5H2,1-4H3. The van der Waals surface area contributed by atoms with Gasteiger partial charge in [-0.2, -0.15) is 4.98 Å². The zero-order valence-corrected chi connectivity index (χ0v) is 10.4. The molecule has 0 amide bonds. The highest BCUT2D eigenvalue weighted by Crippen LogP contribution is 2.17. The summed E-state index contributed by atoms with van der Waals surface area (Å²) in [6.45, 7) is 6.05. The third-order valence-electron chi connectivity index (χ3n) is 2.20. The summed E-state index contributed by atoms with van der Waals surface area (Å²) in [5, 5.41) is 0.101. The first-order valence-corrected chi connectivity index (χ1v) is 5.49. The van der Waals surface area contributed by atoms with Gasteiger partial charge in [-0.1, -0.05) is 13.8 Å². The molecular weight excluding hydrogens is 212 g/mol. The van der Waals surface area contributed by atoms with Crippen LogP contribution >= 0.6 is 11.6 Å². The molecule has 1 aromatic heterocycles. The van der Waals surface area contributed by atoms with Gasteiger partial charge in [0.1, 0.15) is 5.82 Å². The predicted octanol–water partition coefficient (Wildman–Crippen LogP) is 2.60. The molecule has 0 spiro atoms. The Kier molecular flexibility index (Phi) is 4.33. The van der Waals surface area contributed by atoms with E-state index in [1.807, 2.05) is 13.0 Å². The van der Waals surface area contributed by atoms with Crippen LogP contribution in [-0.2, 0) is 6.42 Å². The van der Waals surface area contributed by atoms with Gasteiger partial charge in [-0.05, 0) is 12.8 Å². The number of hydrogen-bond donors (Lipinski definition) is 0. The van der Waals surface area contributed by atoms with Crippen LogP contribution in [0.3, 0.4) is 0 Å². The van der Waals surface area contributed by atoms with E-state index in [4.69, 9.17) is 16.3 Å². The second-order valence-corrected chi connectivity index (χ2v) is 4.47. The molecule has 0 saturated heterocycles. The molecule has 1 atom stereocenters. The zero-order chi connectivity index (χ0) is 11.4. The van der Waals surface area contributed by atoms with Crippen molar-refractivity contribution in [2.75, 3.05) is 7.11 Å². The number of hydrogen-bond acceptors (Lipinski definition) is 3. The fourth-order valence-electron chi connectivity index (χ4n) is 1.24. The van der Waals surface area contributed by atoms with Crippen LogP contribution in [0.4, 0.5) is 0 Å². The highest BCUT2D eigenvalue weighted by Gasteiger charge is 2.12. The second-order valence-electron chi connectivity index (χ2n) is 3.91. The molecule has 1 unspecified atom stereocenters. The number of ether oxygens (including phenoxy) is 1. The van der Waals surface area contributed by atoms with Gasteiger partial charge in [-0.25, -0.2) is 4.98 Å². The Morgan fingerprint density at radius 3 is 2.60 bits per heavy atom. The lowest BCUT2D eigenvalue weighted by atomic mass is 10.1. The minimum atomic E-state index is 0.101. The van der Waals surface area contributed by atoms with Crippen LogP contribution in [0.15, 0.2) is 6.07 Å². The fourth-order valence-corrected chi connectivity index (χ4v) is 1.40. The summed E-state index contributed by atoms with van der Waals surface area (Å²) in [5.41, 5.74) is 0.938. The van der Waals surface area contributed by atoms with E-state index in [0.29, 0.717) is 11.8 Å². The molecule has 0 radical (unpaired) electrons. The van der Waals surface area contributed by atoms with E-state index < -0.39 is 0 Å². The molecular formula is C11H17ClN2O. The Bertz CT molecular complexity index is 328. The lowest BCUT2D eigenvalue weighted by Crippen LogP contribution is -2.13. The summed E-state index contributed by atoms with van der Waals surface area (Å²) in [7, 11) is 1.60. The molecule has 0 aromatic carbocycles. The summed E-state index contributed by atoms with van der Waals surface area (Å²) in [6.07, 6.45) is 0.749. The lowest BCUT2D eigenvalue weighted by Gasteiger charge is -2.13. The minimum Gasteiger partial charge on any atom is -0.481 e. The number of aromatic nitrogens is 2. The average Bonchev–Trinajstić information content (AvgIpc) is 2.16. The lowest BCUT2D eigenvalue weighted by molar-refractivity contribution is 0.394. The highest BCUT2D eigenvalue weighted by molar-refractivity contribution is 6.20. The number of aryl methyl sites for hydroxylation is 1. The summed E-state index contributed by atoms with van der Waals surface area (Å²) in [6, 6.07) is 1.84. The molecule has 1 heterocycles. The molecule has 0 aliphatic carbocycles. The van der Waals surface area contributed by atoms with Gasteiger partial charge in [-0.15, -0.1) is 11.6 Å². The maximum absolute atomic E-state index is 6.20. The molecule has 0 aliphatic rings. The van der Waals surface area contributed by atoms with E-state index >= 15 is 0 Å². The number of methoxy groups -OCH3 is 1. The van der Waals surface area contributed by atoms with E-state index in [-0.39, 0.29) is 5.38 Å². The topological polar surface area (TPSA) is 35.0 Å². The monoisotopic (exact) mass is 228 g/mol. The molecule has 0 fully saturated rings. The van der Waals surface area contributed by atoms with Crippen LogP contribution in [0.1, 0.15) is 25.4 Å². The molecule has 15 heavy (non-hydrogen) atoms. The first-order chi connectivity index (χ1) is 7.02. The van der Waals surface area contributed by atoms with Gasteiger partial charge in [0.05, 0.1) is 7.11 Å². The van der Waals surface area contributed by atoms with Crippen molar-refractivity contribution in [1.82, 2.24) is 9.97 Å². The first kappa shape index (κ1) is 12.2. The maximum atomic E-state index is 6.20. The molecule has 84 valence electrons. The smallest absolute Gasteiger partial charge is 0.216 e. The van der Waals surface area contributed by atoms with Crippen molar-refractivity contribution in [3.63, 3.8) is 0 Å². The third-order valence-corrected chi connectivity index (χ3v) is 2.86. The molecule has 0 N–H and O–H groups in total. The Morgan fingerprint density at radius 2 is 2.07 bits per heavy atom. The molecule has 1 aromatic rings. The van der Waals surface area contributed by atoms with Gasteiger partial charge < -0.3 is 4.74 Å². The van der Waals surface area contributed by atoms with Gasteiger partial charge in [0, 0.05) is 23.6 Å². The van der Waals surface area contributed by atoms with Crippen molar-refractivity contribution in [2.24, 2.45) is 5.92 Å². The van der Waals surface area contributed by atoms with Gasteiger partial charge >= 0.3 is 0 Å². The van der Waals surface area contributed by atoms with Gasteiger partial charge in [0.2, 0.25) is 5.88 Å². The molecule has 0 bridgehead atoms. The molecule has 0 aliphatic heterocycles. The Labute approximate surface area is 95.8 Å². The molecule has 4 heteroatoms. The van der Waals surface area contributed by atoms with Crippen molar-refractivity contribution in [1.29, 1.82) is 0 Å². The van der Waals surface area contributed by atoms with E-state index in [2.05, 4.69) is 23.8 Å². The van der Waals surface area contributed by atoms with Gasteiger partial charge in [0.25, 0.3) is 0 Å². The van der Waals surface area contributed by atoms with Crippen molar-refractivity contribution in [3.8, 4) is 5.88 Å². The number of nitrogens with zero attached hydrogens (tertiary/aromatic N) is 2. The van der Waals surface area contributed by atoms with Crippen LogP contribution in [-0.4, -0.2) is 22.5 Å². The Morgan fingerprint density at radius 1 is 1.40 bits per heavy atom. The highest BCUT2D eigenvalue weighted by atomic mass is 35.5. The van der Waals surface area contributed by atoms with E-state index in [9.17, 15) is 0 Å². The van der Waals surface area contributed by atoms with Gasteiger partial charge in [-0.3, -0.25) is 0 Å². The van der Waals surface area contributed by atoms with Crippen LogP contribution in [0.5, 0.6) is 5.88 Å². The summed E-state index contributed by atoms with van der Waals surface area (Å²) >= 11 is 6.20. The van der Waals surface area contributed by atoms with E-state index in [1.54, 1.807) is 7.11 Å². The summed E-state index contributed by atoms with van der Waals surface area (Å²) < 4.78 is 5.08. The van der Waals surface area contributed by atoms with Crippen molar-refractivity contribution in [3.05, 3.63) is 17.6 Å². The normalized spacial score (nSPS) is 12.9. The maximum Gasteiger partial charge on any atom is 0.216 e. The number of halogens is 1. The predicted molar refractivity (Wildman–Crippen MR) is 61.5 cm³/mol. The number of alkyl halides is 1. The van der Waals surface area contributed by atoms with Crippen molar-refractivity contribution < 1.29 is 4.74 Å². The first-order valence-electron chi connectivity index (χ1n) is 5.05. The number of rotatable bonds is 4. The van der Waals surface area contributed by atoms with Crippen molar-refractivity contribution in [2.45, 2.75) is 32.6 Å². The average molecular weight is 229 g/mol. The van der Waals surface area contributed by atoms with Crippen LogP contribution < -0.4 is 4.74 Å². The second kappa shape index (κ2) is 5.31. The fraction of sp³-hybridized carbons (Fsp3) is 0.636. The van der Waals surface area contributed by atoms with Crippen LogP contribution in [0.2, 0.25) is 0 Å². The van der Waals surface area contributed by atoms with E-state index in [1.165, 1.54) is 0 Å². The van der Waals surface area contributed by atoms with E-state index in [0.717, 1.165) is 17.9 Å². The quantitative estimate of drug-likeness (QED) is 0.744. The van der Waals surface area contributed by atoms with Crippen LogP contribution in [0, 0.1) is 12.8 Å². The largest absolute Gasteiger partial charge is 0.481 e. The third kappa shape index (κ3) is 3.67. The van der Waals surface area contributed by atoms with Crippen LogP contribution in [0.25, 0.3) is 0 Å². The zero-order valence-electron chi connectivity index (χ0n) is 9.62. The van der Waals surface area contributed by atoms with Gasteiger partial charge in [0.15, 0.2) is 0 Å².